The zero-order valence-corrected chi connectivity index (χ0v) is 14.9. The number of nitrogens with zero attached hydrogens (tertiary/aromatic N) is 3. The number of amides is 3. The van der Waals surface area contributed by atoms with Gasteiger partial charge in [-0.25, -0.2) is 0 Å². The van der Waals surface area contributed by atoms with Crippen LogP contribution in [0.3, 0.4) is 0 Å². The lowest BCUT2D eigenvalue weighted by atomic mass is 10.1. The number of anilines is 2. The number of carbonyl (C=O) groups excluding carboxylic acids is 3. The van der Waals surface area contributed by atoms with Crippen LogP contribution in [-0.4, -0.2) is 48.3 Å². The summed E-state index contributed by atoms with van der Waals surface area (Å²) in [4.78, 5) is 42.3. The van der Waals surface area contributed by atoms with E-state index in [-0.39, 0.29) is 30.3 Å². The summed E-state index contributed by atoms with van der Waals surface area (Å²) in [6.45, 7) is 4.68. The SMILES string of the molecule is CC(=O)N1c2ccccc2N(C(=O)CN2CCCCCC2=O)C[C@@H]1C. The molecule has 1 aromatic rings. The van der Waals surface area contributed by atoms with E-state index in [0.717, 1.165) is 30.6 Å². The van der Waals surface area contributed by atoms with Crippen LogP contribution < -0.4 is 9.80 Å². The van der Waals surface area contributed by atoms with Crippen LogP contribution in [-0.2, 0) is 14.4 Å². The normalized spacial score (nSPS) is 21.0. The number of rotatable bonds is 2. The number of para-hydroxylation sites is 2. The van der Waals surface area contributed by atoms with E-state index in [1.807, 2.05) is 31.2 Å². The van der Waals surface area contributed by atoms with Gasteiger partial charge in [0.1, 0.15) is 6.54 Å². The summed E-state index contributed by atoms with van der Waals surface area (Å²) in [6.07, 6.45) is 3.41. The molecule has 0 saturated carbocycles. The summed E-state index contributed by atoms with van der Waals surface area (Å²) in [5, 5.41) is 0. The Kier molecular flexibility index (Phi) is 5.06. The lowest BCUT2D eigenvalue weighted by Crippen LogP contribution is -2.53. The van der Waals surface area contributed by atoms with Crippen LogP contribution in [0.5, 0.6) is 0 Å². The molecule has 6 nitrogen and oxygen atoms in total. The highest BCUT2D eigenvalue weighted by molar-refractivity contribution is 6.05. The summed E-state index contributed by atoms with van der Waals surface area (Å²) in [7, 11) is 0. The minimum Gasteiger partial charge on any atom is -0.333 e. The number of hydrogen-bond acceptors (Lipinski definition) is 3. The molecule has 1 atom stereocenters. The molecule has 0 aromatic heterocycles. The van der Waals surface area contributed by atoms with Gasteiger partial charge in [-0.1, -0.05) is 18.6 Å². The van der Waals surface area contributed by atoms with Crippen molar-refractivity contribution >= 4 is 29.1 Å². The third-order valence-electron chi connectivity index (χ3n) is 4.96. The number of carbonyl (C=O) groups is 3. The van der Waals surface area contributed by atoms with Gasteiger partial charge in [-0.3, -0.25) is 14.4 Å². The molecule has 25 heavy (non-hydrogen) atoms. The third-order valence-corrected chi connectivity index (χ3v) is 4.96. The standard InChI is InChI=1S/C19H25N3O3/c1-14-12-21(16-8-5-6-9-17(16)22(14)15(2)23)19(25)13-20-11-7-3-4-10-18(20)24/h5-6,8-9,14H,3-4,7,10-13H2,1-2H3/t14-/m0/s1. The average molecular weight is 343 g/mol. The second-order valence-corrected chi connectivity index (χ2v) is 6.86. The van der Waals surface area contributed by atoms with Crippen LogP contribution in [0.4, 0.5) is 11.4 Å². The summed E-state index contributed by atoms with van der Waals surface area (Å²) < 4.78 is 0. The highest BCUT2D eigenvalue weighted by Crippen LogP contribution is 2.35. The van der Waals surface area contributed by atoms with Gasteiger partial charge >= 0.3 is 0 Å². The first-order chi connectivity index (χ1) is 12.0. The van der Waals surface area contributed by atoms with E-state index >= 15 is 0 Å². The number of fused-ring (bicyclic) bond motifs is 1. The first-order valence-corrected chi connectivity index (χ1v) is 8.96. The Morgan fingerprint density at radius 1 is 1.12 bits per heavy atom. The monoisotopic (exact) mass is 343 g/mol. The Morgan fingerprint density at radius 3 is 2.56 bits per heavy atom. The van der Waals surface area contributed by atoms with Crippen LogP contribution in [0, 0.1) is 0 Å². The lowest BCUT2D eigenvalue weighted by molar-refractivity contribution is -0.134. The van der Waals surface area contributed by atoms with Crippen LogP contribution in [0.25, 0.3) is 0 Å². The van der Waals surface area contributed by atoms with Crippen LogP contribution in [0.1, 0.15) is 39.5 Å². The van der Waals surface area contributed by atoms with Gasteiger partial charge in [0.15, 0.2) is 0 Å². The maximum atomic E-state index is 12.9. The van der Waals surface area contributed by atoms with Crippen molar-refractivity contribution in [2.24, 2.45) is 0 Å². The minimum absolute atomic E-state index is 0.0326. The second-order valence-electron chi connectivity index (χ2n) is 6.86. The Morgan fingerprint density at radius 2 is 1.84 bits per heavy atom. The van der Waals surface area contributed by atoms with Gasteiger partial charge in [0.25, 0.3) is 0 Å². The van der Waals surface area contributed by atoms with E-state index in [2.05, 4.69) is 0 Å². The predicted octanol–water partition coefficient (Wildman–Crippen LogP) is 2.18. The molecule has 2 aliphatic heterocycles. The van der Waals surface area contributed by atoms with Gasteiger partial charge in [-0.2, -0.15) is 0 Å². The van der Waals surface area contributed by atoms with Gasteiger partial charge in [0.05, 0.1) is 17.4 Å². The van der Waals surface area contributed by atoms with Gasteiger partial charge in [-0.15, -0.1) is 0 Å². The maximum absolute atomic E-state index is 12.9. The molecule has 2 aliphatic rings. The first-order valence-electron chi connectivity index (χ1n) is 8.96. The van der Waals surface area contributed by atoms with E-state index in [9.17, 15) is 14.4 Å². The fourth-order valence-electron chi connectivity index (χ4n) is 3.75. The van der Waals surface area contributed by atoms with Gasteiger partial charge in [0.2, 0.25) is 17.7 Å². The van der Waals surface area contributed by atoms with Crippen molar-refractivity contribution in [1.29, 1.82) is 0 Å². The number of likely N-dealkylation sites (tertiary alicyclic amines) is 1. The zero-order chi connectivity index (χ0) is 18.0. The zero-order valence-electron chi connectivity index (χ0n) is 14.9. The van der Waals surface area contributed by atoms with Crippen molar-refractivity contribution < 1.29 is 14.4 Å². The molecule has 3 amide bonds. The van der Waals surface area contributed by atoms with E-state index in [4.69, 9.17) is 0 Å². The third kappa shape index (κ3) is 3.52. The van der Waals surface area contributed by atoms with E-state index in [1.54, 1.807) is 21.6 Å². The molecule has 2 heterocycles. The Hall–Kier alpha value is -2.37. The molecular formula is C19H25N3O3. The average Bonchev–Trinajstić information content (AvgIpc) is 2.78. The molecule has 0 bridgehead atoms. The molecular weight excluding hydrogens is 318 g/mol. The quantitative estimate of drug-likeness (QED) is 0.827. The van der Waals surface area contributed by atoms with Gasteiger partial charge in [0, 0.05) is 26.4 Å². The van der Waals surface area contributed by atoms with E-state index in [1.165, 1.54) is 0 Å². The molecule has 0 radical (unpaired) electrons. The molecule has 134 valence electrons. The molecule has 3 rings (SSSR count). The molecule has 0 unspecified atom stereocenters. The number of benzene rings is 1. The maximum Gasteiger partial charge on any atom is 0.246 e. The topological polar surface area (TPSA) is 60.9 Å². The van der Waals surface area contributed by atoms with Crippen molar-refractivity contribution in [3.63, 3.8) is 0 Å². The van der Waals surface area contributed by atoms with Crippen molar-refractivity contribution in [2.75, 3.05) is 29.4 Å². The summed E-state index contributed by atoms with van der Waals surface area (Å²) in [5.74, 6) is -0.0537. The Bertz CT molecular complexity index is 688. The smallest absolute Gasteiger partial charge is 0.246 e. The van der Waals surface area contributed by atoms with Crippen molar-refractivity contribution in [3.8, 4) is 0 Å². The largest absolute Gasteiger partial charge is 0.333 e. The summed E-state index contributed by atoms with van der Waals surface area (Å²) in [5.41, 5.74) is 1.49. The van der Waals surface area contributed by atoms with Gasteiger partial charge in [-0.05, 0) is 31.9 Å². The summed E-state index contributed by atoms with van der Waals surface area (Å²) >= 11 is 0. The minimum atomic E-state index is -0.101. The fourth-order valence-corrected chi connectivity index (χ4v) is 3.75. The van der Waals surface area contributed by atoms with Crippen molar-refractivity contribution in [1.82, 2.24) is 4.90 Å². The fraction of sp³-hybridized carbons (Fsp3) is 0.526. The molecule has 0 spiro atoms. The highest BCUT2D eigenvalue weighted by Gasteiger charge is 2.34. The lowest BCUT2D eigenvalue weighted by Gasteiger charge is -2.41. The molecule has 1 saturated heterocycles. The Balaban J connectivity index is 1.84. The first kappa shape index (κ1) is 17.5. The van der Waals surface area contributed by atoms with Gasteiger partial charge < -0.3 is 14.7 Å². The van der Waals surface area contributed by atoms with Crippen molar-refractivity contribution in [3.05, 3.63) is 24.3 Å². The summed E-state index contributed by atoms with van der Waals surface area (Å²) in [6, 6.07) is 7.36. The highest BCUT2D eigenvalue weighted by atomic mass is 16.2. The van der Waals surface area contributed by atoms with Crippen molar-refractivity contribution in [2.45, 2.75) is 45.6 Å². The van der Waals surface area contributed by atoms with Crippen LogP contribution >= 0.6 is 0 Å². The van der Waals surface area contributed by atoms with E-state index < -0.39 is 0 Å². The second kappa shape index (κ2) is 7.25. The molecule has 1 fully saturated rings. The molecule has 1 aromatic carbocycles. The molecule has 0 N–H and O–H groups in total. The van der Waals surface area contributed by atoms with Crippen LogP contribution in [0.2, 0.25) is 0 Å². The van der Waals surface area contributed by atoms with Crippen LogP contribution in [0.15, 0.2) is 24.3 Å². The van der Waals surface area contributed by atoms with E-state index in [0.29, 0.717) is 19.5 Å². The number of hydrogen-bond donors (Lipinski definition) is 0. The molecule has 0 aliphatic carbocycles. The Labute approximate surface area is 148 Å². The molecule has 6 heteroatoms. The predicted molar refractivity (Wildman–Crippen MR) is 96.5 cm³/mol.